The first kappa shape index (κ1) is 10.8. The molecule has 5 nitrogen and oxygen atoms in total. The highest BCUT2D eigenvalue weighted by Gasteiger charge is 2.10. The fourth-order valence-corrected chi connectivity index (χ4v) is 1.35. The maximum absolute atomic E-state index is 8.64. The number of aliphatic hydroxyl groups is 1. The number of hydrogen-bond acceptors (Lipinski definition) is 4. The van der Waals surface area contributed by atoms with Gasteiger partial charge in [-0.25, -0.2) is 0 Å². The molecule has 0 atom stereocenters. The Bertz CT molecular complexity index is 295. The van der Waals surface area contributed by atoms with Crippen LogP contribution in [0.25, 0.3) is 0 Å². The lowest BCUT2D eigenvalue weighted by atomic mass is 10.3. The van der Waals surface area contributed by atoms with Gasteiger partial charge in [-0.05, 0) is 12.8 Å². The fourth-order valence-electron chi connectivity index (χ4n) is 1.35. The van der Waals surface area contributed by atoms with Crippen LogP contribution in [-0.2, 0) is 13.5 Å². The van der Waals surface area contributed by atoms with Gasteiger partial charge in [0.05, 0.1) is 11.4 Å². The number of nitrogens with two attached hydrogens (primary N) is 1. The zero-order valence-electron chi connectivity index (χ0n) is 8.75. The molecule has 0 radical (unpaired) electrons. The quantitative estimate of drug-likeness (QED) is 0.597. The molecule has 1 aromatic heterocycles. The van der Waals surface area contributed by atoms with Crippen molar-refractivity contribution in [3.8, 4) is 0 Å². The van der Waals surface area contributed by atoms with E-state index in [0.717, 1.165) is 17.9 Å². The van der Waals surface area contributed by atoms with Crippen LogP contribution in [0.2, 0.25) is 0 Å². The fraction of sp³-hybridized carbons (Fsp3) is 0.667. The maximum atomic E-state index is 8.64. The van der Waals surface area contributed by atoms with Crippen LogP contribution in [0, 0.1) is 0 Å². The molecular weight excluding hydrogens is 180 g/mol. The first-order valence-corrected chi connectivity index (χ1v) is 4.86. The van der Waals surface area contributed by atoms with Crippen molar-refractivity contribution in [2.75, 3.05) is 24.2 Å². The lowest BCUT2D eigenvalue weighted by Gasteiger charge is -2.05. The standard InChI is InChI=1S/C9H18N4O/c1-3-7-8(10)9(13(2)12-7)11-5-4-6-14/h11,14H,3-6,10H2,1-2H3. The van der Waals surface area contributed by atoms with Crippen LogP contribution in [0.1, 0.15) is 19.0 Å². The molecule has 0 aliphatic rings. The largest absolute Gasteiger partial charge is 0.396 e. The van der Waals surface area contributed by atoms with E-state index in [4.69, 9.17) is 10.8 Å². The van der Waals surface area contributed by atoms with Crippen molar-refractivity contribution >= 4 is 11.5 Å². The SMILES string of the molecule is CCc1nn(C)c(NCCCO)c1N. The molecule has 0 spiro atoms. The van der Waals surface area contributed by atoms with Gasteiger partial charge < -0.3 is 16.2 Å². The van der Waals surface area contributed by atoms with Crippen molar-refractivity contribution in [1.82, 2.24) is 9.78 Å². The monoisotopic (exact) mass is 198 g/mol. The van der Waals surface area contributed by atoms with Gasteiger partial charge in [0.1, 0.15) is 5.82 Å². The number of anilines is 2. The maximum Gasteiger partial charge on any atom is 0.147 e. The summed E-state index contributed by atoms with van der Waals surface area (Å²) >= 11 is 0. The van der Waals surface area contributed by atoms with E-state index in [2.05, 4.69) is 10.4 Å². The van der Waals surface area contributed by atoms with E-state index in [0.29, 0.717) is 18.7 Å². The molecule has 0 aromatic carbocycles. The highest BCUT2D eigenvalue weighted by Crippen LogP contribution is 2.21. The van der Waals surface area contributed by atoms with Crippen molar-refractivity contribution in [2.24, 2.45) is 7.05 Å². The van der Waals surface area contributed by atoms with E-state index in [1.807, 2.05) is 14.0 Å². The third-order valence-corrected chi connectivity index (χ3v) is 2.12. The highest BCUT2D eigenvalue weighted by atomic mass is 16.3. The van der Waals surface area contributed by atoms with E-state index in [9.17, 15) is 0 Å². The molecule has 0 unspecified atom stereocenters. The molecule has 0 aliphatic heterocycles. The van der Waals surface area contributed by atoms with Crippen LogP contribution in [0.5, 0.6) is 0 Å². The molecule has 0 fully saturated rings. The smallest absolute Gasteiger partial charge is 0.147 e. The summed E-state index contributed by atoms with van der Waals surface area (Å²) in [7, 11) is 1.86. The predicted octanol–water partition coefficient (Wildman–Crippen LogP) is 0.359. The minimum atomic E-state index is 0.186. The number of aromatic nitrogens is 2. The van der Waals surface area contributed by atoms with E-state index < -0.39 is 0 Å². The first-order valence-electron chi connectivity index (χ1n) is 4.86. The zero-order chi connectivity index (χ0) is 10.6. The van der Waals surface area contributed by atoms with Crippen LogP contribution in [0.15, 0.2) is 0 Å². The summed E-state index contributed by atoms with van der Waals surface area (Å²) in [5, 5.41) is 16.1. The summed E-state index contributed by atoms with van der Waals surface area (Å²) in [6, 6.07) is 0. The molecular formula is C9H18N4O. The second-order valence-electron chi connectivity index (χ2n) is 3.19. The lowest BCUT2D eigenvalue weighted by Crippen LogP contribution is -2.08. The Morgan fingerprint density at radius 3 is 2.79 bits per heavy atom. The number of aliphatic hydroxyl groups excluding tert-OH is 1. The molecule has 1 heterocycles. The molecule has 4 N–H and O–H groups in total. The molecule has 5 heteroatoms. The Labute approximate surface area is 83.9 Å². The minimum absolute atomic E-state index is 0.186. The number of aryl methyl sites for hydroxylation is 2. The summed E-state index contributed by atoms with van der Waals surface area (Å²) in [6.07, 6.45) is 1.55. The van der Waals surface area contributed by atoms with Gasteiger partial charge in [0.25, 0.3) is 0 Å². The average Bonchev–Trinajstić information content (AvgIpc) is 2.45. The van der Waals surface area contributed by atoms with E-state index in [1.54, 1.807) is 4.68 Å². The van der Waals surface area contributed by atoms with Gasteiger partial charge in [-0.2, -0.15) is 5.10 Å². The van der Waals surface area contributed by atoms with E-state index in [-0.39, 0.29) is 6.61 Å². The van der Waals surface area contributed by atoms with E-state index in [1.165, 1.54) is 0 Å². The van der Waals surface area contributed by atoms with Gasteiger partial charge in [-0.15, -0.1) is 0 Å². The summed E-state index contributed by atoms with van der Waals surface area (Å²) in [4.78, 5) is 0. The lowest BCUT2D eigenvalue weighted by molar-refractivity contribution is 0.292. The molecule has 0 amide bonds. The normalized spacial score (nSPS) is 10.5. The summed E-state index contributed by atoms with van der Waals surface area (Å²) in [5.74, 6) is 0.843. The Morgan fingerprint density at radius 2 is 2.29 bits per heavy atom. The van der Waals surface area contributed by atoms with Gasteiger partial charge >= 0.3 is 0 Å². The molecule has 80 valence electrons. The summed E-state index contributed by atoms with van der Waals surface area (Å²) in [6.45, 7) is 2.92. The molecule has 0 bridgehead atoms. The highest BCUT2D eigenvalue weighted by molar-refractivity contribution is 5.64. The van der Waals surface area contributed by atoms with Crippen molar-refractivity contribution in [3.05, 3.63) is 5.69 Å². The van der Waals surface area contributed by atoms with Crippen molar-refractivity contribution in [1.29, 1.82) is 0 Å². The number of nitrogen functional groups attached to an aromatic ring is 1. The minimum Gasteiger partial charge on any atom is -0.396 e. The zero-order valence-corrected chi connectivity index (χ0v) is 8.75. The second kappa shape index (κ2) is 4.85. The van der Waals surface area contributed by atoms with Crippen LogP contribution >= 0.6 is 0 Å². The van der Waals surface area contributed by atoms with Crippen molar-refractivity contribution in [2.45, 2.75) is 19.8 Å². The Kier molecular flexibility index (Phi) is 3.76. The van der Waals surface area contributed by atoms with Gasteiger partial charge in [0.2, 0.25) is 0 Å². The third kappa shape index (κ3) is 2.17. The Hall–Kier alpha value is -1.23. The predicted molar refractivity (Wildman–Crippen MR) is 57.2 cm³/mol. The molecule has 1 aromatic rings. The van der Waals surface area contributed by atoms with E-state index >= 15 is 0 Å². The van der Waals surface area contributed by atoms with Crippen molar-refractivity contribution in [3.63, 3.8) is 0 Å². The number of hydrogen-bond donors (Lipinski definition) is 3. The summed E-state index contributed by atoms with van der Waals surface area (Å²) < 4.78 is 1.74. The Morgan fingerprint density at radius 1 is 1.57 bits per heavy atom. The summed E-state index contributed by atoms with van der Waals surface area (Å²) in [5.41, 5.74) is 7.52. The van der Waals surface area contributed by atoms with Crippen LogP contribution in [-0.4, -0.2) is 28.0 Å². The van der Waals surface area contributed by atoms with Crippen LogP contribution < -0.4 is 11.1 Å². The van der Waals surface area contributed by atoms with Gasteiger partial charge in [0.15, 0.2) is 0 Å². The number of rotatable bonds is 5. The van der Waals surface area contributed by atoms with Crippen LogP contribution in [0.4, 0.5) is 11.5 Å². The molecule has 1 rings (SSSR count). The van der Waals surface area contributed by atoms with Crippen molar-refractivity contribution < 1.29 is 5.11 Å². The molecule has 0 saturated carbocycles. The van der Waals surface area contributed by atoms with Crippen LogP contribution in [0.3, 0.4) is 0 Å². The van der Waals surface area contributed by atoms with Gasteiger partial charge in [-0.1, -0.05) is 6.92 Å². The Balaban J connectivity index is 2.70. The second-order valence-corrected chi connectivity index (χ2v) is 3.19. The topological polar surface area (TPSA) is 76.1 Å². The third-order valence-electron chi connectivity index (χ3n) is 2.12. The number of nitrogens with one attached hydrogen (secondary N) is 1. The van der Waals surface area contributed by atoms with Gasteiger partial charge in [0, 0.05) is 20.2 Å². The molecule has 0 saturated heterocycles. The number of nitrogens with zero attached hydrogens (tertiary/aromatic N) is 2. The average molecular weight is 198 g/mol. The first-order chi connectivity index (χ1) is 6.70. The van der Waals surface area contributed by atoms with Gasteiger partial charge in [-0.3, -0.25) is 4.68 Å². The molecule has 0 aliphatic carbocycles. The molecule has 14 heavy (non-hydrogen) atoms.